The van der Waals surface area contributed by atoms with E-state index in [1.807, 2.05) is 6.07 Å². The zero-order chi connectivity index (χ0) is 17.9. The standard InChI is InChI=1S/C18H28N8/c1-24-17(12-25-7-3-2-4-8-25)22-23-18(24)14-5-9-26(10-6-14)16-11-15(19)20-13-21-16/h11,13-14H,2-10,12H2,1H3,(H2,19,20,21). The van der Waals surface area contributed by atoms with Crippen molar-refractivity contribution >= 4 is 11.6 Å². The zero-order valence-electron chi connectivity index (χ0n) is 15.5. The topological polar surface area (TPSA) is 89.0 Å². The molecule has 0 bridgehead atoms. The predicted octanol–water partition coefficient (Wildman–Crippen LogP) is 1.56. The van der Waals surface area contributed by atoms with Crippen molar-refractivity contribution in [3.05, 3.63) is 24.0 Å². The van der Waals surface area contributed by atoms with E-state index in [0.717, 1.165) is 49.9 Å². The van der Waals surface area contributed by atoms with E-state index < -0.39 is 0 Å². The van der Waals surface area contributed by atoms with Gasteiger partial charge in [-0.3, -0.25) is 4.90 Å². The number of nitrogen functional groups attached to an aromatic ring is 1. The average molecular weight is 356 g/mol. The van der Waals surface area contributed by atoms with Crippen LogP contribution in [0.3, 0.4) is 0 Å². The number of rotatable bonds is 4. The molecule has 0 atom stereocenters. The van der Waals surface area contributed by atoms with Crippen LogP contribution in [-0.2, 0) is 13.6 Å². The molecular weight excluding hydrogens is 328 g/mol. The number of anilines is 2. The predicted molar refractivity (Wildman–Crippen MR) is 101 cm³/mol. The van der Waals surface area contributed by atoms with Crippen LogP contribution in [0.15, 0.2) is 12.4 Å². The summed E-state index contributed by atoms with van der Waals surface area (Å²) >= 11 is 0. The fourth-order valence-corrected chi connectivity index (χ4v) is 4.09. The van der Waals surface area contributed by atoms with Crippen LogP contribution in [0, 0.1) is 0 Å². The van der Waals surface area contributed by atoms with Gasteiger partial charge in [-0.2, -0.15) is 0 Å². The van der Waals surface area contributed by atoms with Gasteiger partial charge in [0.1, 0.15) is 29.6 Å². The molecule has 0 spiro atoms. The number of nitrogens with zero attached hydrogens (tertiary/aromatic N) is 7. The molecule has 8 heteroatoms. The zero-order valence-corrected chi connectivity index (χ0v) is 15.5. The van der Waals surface area contributed by atoms with Gasteiger partial charge in [0.05, 0.1) is 6.54 Å². The molecular formula is C18H28N8. The Morgan fingerprint density at radius 3 is 2.54 bits per heavy atom. The Balaban J connectivity index is 1.38. The molecule has 2 aromatic rings. The SMILES string of the molecule is Cn1c(CN2CCCCC2)nnc1C1CCN(c2cc(N)ncn2)CC1. The van der Waals surface area contributed by atoms with Crippen molar-refractivity contribution < 1.29 is 0 Å². The van der Waals surface area contributed by atoms with Gasteiger partial charge in [-0.05, 0) is 38.8 Å². The molecule has 2 aliphatic rings. The largest absolute Gasteiger partial charge is 0.384 e. The molecule has 0 amide bonds. The monoisotopic (exact) mass is 356 g/mol. The fourth-order valence-electron chi connectivity index (χ4n) is 4.09. The third-order valence-electron chi connectivity index (χ3n) is 5.67. The van der Waals surface area contributed by atoms with Gasteiger partial charge in [-0.25, -0.2) is 9.97 Å². The number of hydrogen-bond acceptors (Lipinski definition) is 7. The minimum atomic E-state index is 0.457. The second-order valence-corrected chi connectivity index (χ2v) is 7.43. The summed E-state index contributed by atoms with van der Waals surface area (Å²) in [5.41, 5.74) is 5.78. The van der Waals surface area contributed by atoms with Crippen LogP contribution in [-0.4, -0.2) is 55.8 Å². The molecule has 2 saturated heterocycles. The summed E-state index contributed by atoms with van der Waals surface area (Å²) in [5, 5.41) is 9.03. The first-order valence-corrected chi connectivity index (χ1v) is 9.63. The minimum Gasteiger partial charge on any atom is -0.384 e. The summed E-state index contributed by atoms with van der Waals surface area (Å²) in [7, 11) is 2.12. The highest BCUT2D eigenvalue weighted by atomic mass is 15.3. The van der Waals surface area contributed by atoms with Crippen molar-refractivity contribution in [2.24, 2.45) is 7.05 Å². The second kappa shape index (κ2) is 7.57. The molecule has 4 heterocycles. The van der Waals surface area contributed by atoms with Gasteiger partial charge in [-0.1, -0.05) is 6.42 Å². The molecule has 0 radical (unpaired) electrons. The van der Waals surface area contributed by atoms with Crippen LogP contribution < -0.4 is 10.6 Å². The van der Waals surface area contributed by atoms with Gasteiger partial charge < -0.3 is 15.2 Å². The van der Waals surface area contributed by atoms with Crippen LogP contribution in [0.4, 0.5) is 11.6 Å². The first-order chi connectivity index (χ1) is 12.7. The molecule has 0 unspecified atom stereocenters. The smallest absolute Gasteiger partial charge is 0.146 e. The summed E-state index contributed by atoms with van der Waals surface area (Å²) in [6.07, 6.45) is 7.61. The Labute approximate surface area is 154 Å². The molecule has 2 aromatic heterocycles. The van der Waals surface area contributed by atoms with Crippen molar-refractivity contribution in [3.63, 3.8) is 0 Å². The van der Waals surface area contributed by atoms with Crippen LogP contribution in [0.5, 0.6) is 0 Å². The van der Waals surface area contributed by atoms with Crippen LogP contribution >= 0.6 is 0 Å². The van der Waals surface area contributed by atoms with E-state index in [4.69, 9.17) is 5.73 Å². The normalized spacial score (nSPS) is 19.8. The maximum absolute atomic E-state index is 5.78. The third-order valence-corrected chi connectivity index (χ3v) is 5.67. The lowest BCUT2D eigenvalue weighted by Crippen LogP contribution is -2.34. The lowest BCUT2D eigenvalue weighted by molar-refractivity contribution is 0.213. The molecule has 26 heavy (non-hydrogen) atoms. The summed E-state index contributed by atoms with van der Waals surface area (Å²) in [6.45, 7) is 5.19. The molecule has 0 saturated carbocycles. The summed E-state index contributed by atoms with van der Waals surface area (Å²) < 4.78 is 2.22. The Hall–Kier alpha value is -2.22. The number of piperidine rings is 2. The quantitative estimate of drug-likeness (QED) is 0.889. The molecule has 2 fully saturated rings. The molecule has 0 aliphatic carbocycles. The van der Waals surface area contributed by atoms with Gasteiger partial charge in [0.25, 0.3) is 0 Å². The van der Waals surface area contributed by atoms with E-state index in [1.54, 1.807) is 0 Å². The summed E-state index contributed by atoms with van der Waals surface area (Å²) in [6, 6.07) is 1.85. The molecule has 2 N–H and O–H groups in total. The van der Waals surface area contributed by atoms with E-state index in [0.29, 0.717) is 11.7 Å². The Morgan fingerprint density at radius 1 is 1.04 bits per heavy atom. The van der Waals surface area contributed by atoms with Gasteiger partial charge in [-0.15, -0.1) is 10.2 Å². The lowest BCUT2D eigenvalue weighted by Gasteiger charge is -2.32. The second-order valence-electron chi connectivity index (χ2n) is 7.43. The average Bonchev–Trinajstić information content (AvgIpc) is 3.03. The lowest BCUT2D eigenvalue weighted by atomic mass is 9.96. The van der Waals surface area contributed by atoms with Gasteiger partial charge in [0, 0.05) is 32.1 Å². The van der Waals surface area contributed by atoms with Gasteiger partial charge in [0.15, 0.2) is 0 Å². The fraction of sp³-hybridized carbons (Fsp3) is 0.667. The van der Waals surface area contributed by atoms with Crippen LogP contribution in [0.2, 0.25) is 0 Å². The summed E-state index contributed by atoms with van der Waals surface area (Å²) in [4.78, 5) is 13.1. The molecule has 140 valence electrons. The molecule has 2 aliphatic heterocycles. The van der Waals surface area contributed by atoms with E-state index in [2.05, 4.69) is 41.6 Å². The number of nitrogens with two attached hydrogens (primary N) is 1. The maximum atomic E-state index is 5.78. The van der Waals surface area contributed by atoms with Crippen LogP contribution in [0.25, 0.3) is 0 Å². The Bertz CT molecular complexity index is 729. The maximum Gasteiger partial charge on any atom is 0.146 e. The van der Waals surface area contributed by atoms with Gasteiger partial charge in [0.2, 0.25) is 0 Å². The first kappa shape index (κ1) is 17.2. The van der Waals surface area contributed by atoms with E-state index in [-0.39, 0.29) is 0 Å². The summed E-state index contributed by atoms with van der Waals surface area (Å²) in [5.74, 6) is 4.11. The number of aromatic nitrogens is 5. The van der Waals surface area contributed by atoms with Gasteiger partial charge >= 0.3 is 0 Å². The minimum absolute atomic E-state index is 0.457. The third kappa shape index (κ3) is 3.65. The first-order valence-electron chi connectivity index (χ1n) is 9.63. The van der Waals surface area contributed by atoms with E-state index in [1.165, 1.54) is 38.7 Å². The highest BCUT2D eigenvalue weighted by molar-refractivity contribution is 5.46. The number of likely N-dealkylation sites (tertiary alicyclic amines) is 1. The Kier molecular flexibility index (Phi) is 5.01. The van der Waals surface area contributed by atoms with Crippen molar-refractivity contribution in [1.82, 2.24) is 29.6 Å². The number of hydrogen-bond donors (Lipinski definition) is 1. The highest BCUT2D eigenvalue weighted by Crippen LogP contribution is 2.29. The molecule has 4 rings (SSSR count). The van der Waals surface area contributed by atoms with Crippen molar-refractivity contribution in [2.45, 2.75) is 44.6 Å². The van der Waals surface area contributed by atoms with Crippen molar-refractivity contribution in [1.29, 1.82) is 0 Å². The van der Waals surface area contributed by atoms with Crippen LogP contribution in [0.1, 0.15) is 49.7 Å². The molecule has 8 nitrogen and oxygen atoms in total. The Morgan fingerprint density at radius 2 is 1.81 bits per heavy atom. The van der Waals surface area contributed by atoms with E-state index in [9.17, 15) is 0 Å². The van der Waals surface area contributed by atoms with Crippen molar-refractivity contribution in [3.8, 4) is 0 Å². The highest BCUT2D eigenvalue weighted by Gasteiger charge is 2.26. The molecule has 0 aromatic carbocycles. The van der Waals surface area contributed by atoms with E-state index >= 15 is 0 Å². The van der Waals surface area contributed by atoms with Crippen molar-refractivity contribution in [2.75, 3.05) is 36.8 Å².